The van der Waals surface area contributed by atoms with Crippen molar-refractivity contribution in [3.63, 3.8) is 0 Å². The van der Waals surface area contributed by atoms with Gasteiger partial charge >= 0.3 is 0 Å². The Bertz CT molecular complexity index is 567. The van der Waals surface area contributed by atoms with Crippen molar-refractivity contribution in [2.75, 3.05) is 12.4 Å². The number of pyridine rings is 1. The summed E-state index contributed by atoms with van der Waals surface area (Å²) in [4.78, 5) is 15.8. The Morgan fingerprint density at radius 1 is 1.26 bits per heavy atom. The van der Waals surface area contributed by atoms with Gasteiger partial charge in [-0.25, -0.2) is 0 Å². The SMILES string of the molecule is CNC(=O)c1ccc(NCc2ccccn2)c(C)c1. The van der Waals surface area contributed by atoms with Gasteiger partial charge in [-0.15, -0.1) is 0 Å². The molecule has 0 radical (unpaired) electrons. The molecule has 0 bridgehead atoms. The zero-order chi connectivity index (χ0) is 13.7. The van der Waals surface area contributed by atoms with Crippen LogP contribution in [0.5, 0.6) is 0 Å². The van der Waals surface area contributed by atoms with Gasteiger partial charge < -0.3 is 10.6 Å². The molecule has 19 heavy (non-hydrogen) atoms. The maximum absolute atomic E-state index is 11.5. The van der Waals surface area contributed by atoms with E-state index in [9.17, 15) is 4.79 Å². The zero-order valence-electron chi connectivity index (χ0n) is 11.1. The quantitative estimate of drug-likeness (QED) is 0.881. The maximum atomic E-state index is 11.5. The molecule has 0 atom stereocenters. The van der Waals surface area contributed by atoms with Gasteiger partial charge in [0.15, 0.2) is 0 Å². The number of nitrogens with one attached hydrogen (secondary N) is 2. The van der Waals surface area contributed by atoms with Crippen LogP contribution < -0.4 is 10.6 Å². The fourth-order valence-corrected chi connectivity index (χ4v) is 1.84. The number of carbonyl (C=O) groups excluding carboxylic acids is 1. The molecule has 0 fully saturated rings. The predicted molar refractivity (Wildman–Crippen MR) is 76.1 cm³/mol. The fourth-order valence-electron chi connectivity index (χ4n) is 1.84. The lowest BCUT2D eigenvalue weighted by molar-refractivity contribution is 0.0963. The number of anilines is 1. The Morgan fingerprint density at radius 2 is 2.11 bits per heavy atom. The van der Waals surface area contributed by atoms with E-state index < -0.39 is 0 Å². The highest BCUT2D eigenvalue weighted by atomic mass is 16.1. The Hall–Kier alpha value is -2.36. The summed E-state index contributed by atoms with van der Waals surface area (Å²) < 4.78 is 0. The van der Waals surface area contributed by atoms with Gasteiger partial charge in [0.1, 0.15) is 0 Å². The second-order valence-electron chi connectivity index (χ2n) is 4.28. The Balaban J connectivity index is 2.07. The number of carbonyl (C=O) groups is 1. The first kappa shape index (κ1) is 13.1. The highest BCUT2D eigenvalue weighted by Gasteiger charge is 2.05. The number of benzene rings is 1. The molecular weight excluding hydrogens is 238 g/mol. The molecule has 2 N–H and O–H groups in total. The molecule has 1 aromatic heterocycles. The van der Waals surface area contributed by atoms with Gasteiger partial charge in [0, 0.05) is 24.5 Å². The van der Waals surface area contributed by atoms with Crippen LogP contribution in [0.3, 0.4) is 0 Å². The van der Waals surface area contributed by atoms with Crippen LogP contribution in [0, 0.1) is 6.92 Å². The normalized spacial score (nSPS) is 10.0. The maximum Gasteiger partial charge on any atom is 0.251 e. The molecule has 4 nitrogen and oxygen atoms in total. The monoisotopic (exact) mass is 255 g/mol. The number of aromatic nitrogens is 1. The third kappa shape index (κ3) is 3.31. The van der Waals surface area contributed by atoms with Crippen molar-refractivity contribution in [2.45, 2.75) is 13.5 Å². The van der Waals surface area contributed by atoms with Crippen molar-refractivity contribution in [2.24, 2.45) is 0 Å². The minimum Gasteiger partial charge on any atom is -0.379 e. The van der Waals surface area contributed by atoms with Gasteiger partial charge in [-0.3, -0.25) is 9.78 Å². The minimum absolute atomic E-state index is 0.0700. The smallest absolute Gasteiger partial charge is 0.251 e. The van der Waals surface area contributed by atoms with E-state index in [0.29, 0.717) is 12.1 Å². The summed E-state index contributed by atoms with van der Waals surface area (Å²) in [5.74, 6) is -0.0700. The number of rotatable bonds is 4. The van der Waals surface area contributed by atoms with Crippen LogP contribution in [0.1, 0.15) is 21.6 Å². The average Bonchev–Trinajstić information content (AvgIpc) is 2.46. The number of hydrogen-bond donors (Lipinski definition) is 2. The summed E-state index contributed by atoms with van der Waals surface area (Å²) in [6.07, 6.45) is 1.78. The van der Waals surface area contributed by atoms with Crippen molar-refractivity contribution >= 4 is 11.6 Å². The first-order valence-corrected chi connectivity index (χ1v) is 6.17. The van der Waals surface area contributed by atoms with Crippen molar-refractivity contribution in [1.29, 1.82) is 0 Å². The molecule has 0 aliphatic rings. The first-order valence-electron chi connectivity index (χ1n) is 6.17. The van der Waals surface area contributed by atoms with Crippen molar-refractivity contribution < 1.29 is 4.79 Å². The molecule has 0 saturated heterocycles. The van der Waals surface area contributed by atoms with Gasteiger partial charge in [-0.1, -0.05) is 6.07 Å². The molecule has 0 spiro atoms. The summed E-state index contributed by atoms with van der Waals surface area (Å²) in [6, 6.07) is 11.4. The van der Waals surface area contributed by atoms with Gasteiger partial charge in [0.05, 0.1) is 12.2 Å². The number of aryl methyl sites for hydroxylation is 1. The molecule has 0 aliphatic heterocycles. The summed E-state index contributed by atoms with van der Waals surface area (Å²) in [5, 5.41) is 5.94. The van der Waals surface area contributed by atoms with Crippen LogP contribution in [-0.4, -0.2) is 17.9 Å². The largest absolute Gasteiger partial charge is 0.379 e. The van der Waals surface area contributed by atoms with E-state index in [1.165, 1.54) is 0 Å². The lowest BCUT2D eigenvalue weighted by atomic mass is 10.1. The fraction of sp³-hybridized carbons (Fsp3) is 0.200. The molecular formula is C15H17N3O. The number of amides is 1. The highest BCUT2D eigenvalue weighted by molar-refractivity contribution is 5.94. The minimum atomic E-state index is -0.0700. The van der Waals surface area contributed by atoms with Crippen LogP contribution in [0.2, 0.25) is 0 Å². The Labute approximate surface area is 112 Å². The standard InChI is InChI=1S/C15H17N3O/c1-11-9-12(15(19)16-2)6-7-14(11)18-10-13-5-3-4-8-17-13/h3-9,18H,10H2,1-2H3,(H,16,19). The third-order valence-corrected chi connectivity index (χ3v) is 2.90. The predicted octanol–water partition coefficient (Wildman–Crippen LogP) is 2.36. The van der Waals surface area contributed by atoms with Crippen LogP contribution in [0.4, 0.5) is 5.69 Å². The van der Waals surface area contributed by atoms with Gasteiger partial charge in [0.2, 0.25) is 0 Å². The van der Waals surface area contributed by atoms with Crippen molar-refractivity contribution in [1.82, 2.24) is 10.3 Å². The van der Waals surface area contributed by atoms with E-state index in [1.807, 2.05) is 43.3 Å². The molecule has 1 aromatic carbocycles. The molecule has 4 heteroatoms. The van der Waals surface area contributed by atoms with Crippen LogP contribution in [-0.2, 0) is 6.54 Å². The summed E-state index contributed by atoms with van der Waals surface area (Å²) in [6.45, 7) is 2.65. The molecule has 0 aliphatic carbocycles. The van der Waals surface area contributed by atoms with Crippen molar-refractivity contribution in [3.8, 4) is 0 Å². The molecule has 2 rings (SSSR count). The van der Waals surface area contributed by atoms with Crippen LogP contribution in [0.15, 0.2) is 42.6 Å². The molecule has 1 heterocycles. The molecule has 0 saturated carbocycles. The molecule has 98 valence electrons. The average molecular weight is 255 g/mol. The second kappa shape index (κ2) is 6.00. The summed E-state index contributed by atoms with van der Waals surface area (Å²) in [5.41, 5.74) is 3.70. The van der Waals surface area contributed by atoms with Gasteiger partial charge in [-0.05, 0) is 42.8 Å². The third-order valence-electron chi connectivity index (χ3n) is 2.90. The number of nitrogens with zero attached hydrogens (tertiary/aromatic N) is 1. The van der Waals surface area contributed by atoms with E-state index in [-0.39, 0.29) is 5.91 Å². The van der Waals surface area contributed by atoms with E-state index in [2.05, 4.69) is 15.6 Å². The summed E-state index contributed by atoms with van der Waals surface area (Å²) in [7, 11) is 1.63. The van der Waals surface area contributed by atoms with E-state index in [0.717, 1.165) is 16.9 Å². The van der Waals surface area contributed by atoms with Gasteiger partial charge in [-0.2, -0.15) is 0 Å². The molecule has 0 unspecified atom stereocenters. The topological polar surface area (TPSA) is 54.0 Å². The van der Waals surface area contributed by atoms with E-state index in [4.69, 9.17) is 0 Å². The lowest BCUT2D eigenvalue weighted by Gasteiger charge is -2.10. The second-order valence-corrected chi connectivity index (χ2v) is 4.28. The van der Waals surface area contributed by atoms with E-state index >= 15 is 0 Å². The lowest BCUT2D eigenvalue weighted by Crippen LogP contribution is -2.17. The number of hydrogen-bond acceptors (Lipinski definition) is 3. The molecule has 1 amide bonds. The van der Waals surface area contributed by atoms with Crippen molar-refractivity contribution in [3.05, 3.63) is 59.4 Å². The summed E-state index contributed by atoms with van der Waals surface area (Å²) >= 11 is 0. The van der Waals surface area contributed by atoms with E-state index in [1.54, 1.807) is 13.2 Å². The highest BCUT2D eigenvalue weighted by Crippen LogP contribution is 2.17. The van der Waals surface area contributed by atoms with Gasteiger partial charge in [0.25, 0.3) is 5.91 Å². The van der Waals surface area contributed by atoms with Crippen LogP contribution >= 0.6 is 0 Å². The van der Waals surface area contributed by atoms with Crippen LogP contribution in [0.25, 0.3) is 0 Å². The molecule has 2 aromatic rings. The zero-order valence-corrected chi connectivity index (χ0v) is 11.1. The Morgan fingerprint density at radius 3 is 2.74 bits per heavy atom. The Kier molecular flexibility index (Phi) is 4.13. The first-order chi connectivity index (χ1) is 9.20.